The Bertz CT molecular complexity index is 434. The summed E-state index contributed by atoms with van der Waals surface area (Å²) in [6.45, 7) is 0.407. The van der Waals surface area contributed by atoms with Crippen LogP contribution < -0.4 is 10.1 Å². The number of ether oxygens (including phenoxy) is 1. The molecule has 1 aromatic carbocycles. The molecule has 0 aliphatic carbocycles. The van der Waals surface area contributed by atoms with Crippen molar-refractivity contribution in [3.05, 3.63) is 29.8 Å². The predicted molar refractivity (Wildman–Crippen MR) is 73.3 cm³/mol. The molecule has 0 fully saturated rings. The van der Waals surface area contributed by atoms with E-state index in [0.29, 0.717) is 6.54 Å². The van der Waals surface area contributed by atoms with E-state index in [1.807, 2.05) is 24.3 Å². The number of methoxy groups -OCH3 is 1. The van der Waals surface area contributed by atoms with E-state index in [4.69, 9.17) is 16.3 Å². The molecule has 0 saturated heterocycles. The van der Waals surface area contributed by atoms with Gasteiger partial charge in [0.15, 0.2) is 0 Å². The number of imide groups is 1. The van der Waals surface area contributed by atoms with Gasteiger partial charge in [0, 0.05) is 25.9 Å². The average molecular weight is 285 g/mol. The molecule has 0 heterocycles. The summed E-state index contributed by atoms with van der Waals surface area (Å²) in [7, 11) is 3.21. The number of hydrogen-bond acceptors (Lipinski definition) is 3. The molecule has 1 rings (SSSR count). The van der Waals surface area contributed by atoms with Crippen LogP contribution in [0.25, 0.3) is 0 Å². The molecule has 3 amide bonds. The Hall–Kier alpha value is -1.75. The van der Waals surface area contributed by atoms with E-state index in [9.17, 15) is 9.59 Å². The standard InChI is InChI=1S/C13H17ClN2O3/c1-16(13(18)15-12(17)7-8-14)9-10-3-5-11(19-2)6-4-10/h3-6H,7-9H2,1-2H3,(H,15,17,18). The molecule has 0 radical (unpaired) electrons. The fraction of sp³-hybridized carbons (Fsp3) is 0.385. The lowest BCUT2D eigenvalue weighted by molar-refractivity contribution is -0.119. The summed E-state index contributed by atoms with van der Waals surface area (Å²) in [4.78, 5) is 24.3. The molecule has 0 atom stereocenters. The monoisotopic (exact) mass is 284 g/mol. The van der Waals surface area contributed by atoms with E-state index in [-0.39, 0.29) is 18.2 Å². The number of rotatable bonds is 5. The number of hydrogen-bond donors (Lipinski definition) is 1. The van der Waals surface area contributed by atoms with Crippen molar-refractivity contribution in [1.29, 1.82) is 0 Å². The molecular weight excluding hydrogens is 268 g/mol. The van der Waals surface area contributed by atoms with Crippen LogP contribution in [0, 0.1) is 0 Å². The second-order valence-corrected chi connectivity index (χ2v) is 4.37. The lowest BCUT2D eigenvalue weighted by atomic mass is 10.2. The Labute approximate surface area is 117 Å². The number of carbonyl (C=O) groups is 2. The van der Waals surface area contributed by atoms with Gasteiger partial charge < -0.3 is 9.64 Å². The molecule has 19 heavy (non-hydrogen) atoms. The third-order valence-electron chi connectivity index (χ3n) is 2.49. The summed E-state index contributed by atoms with van der Waals surface area (Å²) < 4.78 is 5.05. The predicted octanol–water partition coefficient (Wildman–Crippen LogP) is 1.99. The third kappa shape index (κ3) is 5.18. The highest BCUT2D eigenvalue weighted by Crippen LogP contribution is 2.12. The highest BCUT2D eigenvalue weighted by molar-refractivity contribution is 6.19. The van der Waals surface area contributed by atoms with Crippen molar-refractivity contribution in [2.24, 2.45) is 0 Å². The Balaban J connectivity index is 2.50. The fourth-order valence-corrected chi connectivity index (χ4v) is 1.61. The first kappa shape index (κ1) is 15.3. The largest absolute Gasteiger partial charge is 0.497 e. The van der Waals surface area contributed by atoms with Gasteiger partial charge in [-0.05, 0) is 17.7 Å². The van der Waals surface area contributed by atoms with Gasteiger partial charge in [0.05, 0.1) is 7.11 Å². The zero-order chi connectivity index (χ0) is 14.3. The summed E-state index contributed by atoms with van der Waals surface area (Å²) >= 11 is 5.42. The maximum atomic E-state index is 11.7. The number of benzene rings is 1. The second-order valence-electron chi connectivity index (χ2n) is 4.00. The van der Waals surface area contributed by atoms with E-state index in [0.717, 1.165) is 11.3 Å². The van der Waals surface area contributed by atoms with Gasteiger partial charge in [-0.15, -0.1) is 11.6 Å². The van der Waals surface area contributed by atoms with E-state index in [1.54, 1.807) is 14.2 Å². The van der Waals surface area contributed by atoms with Crippen molar-refractivity contribution in [2.45, 2.75) is 13.0 Å². The normalized spacial score (nSPS) is 9.84. The molecule has 1 aromatic rings. The van der Waals surface area contributed by atoms with Crippen LogP contribution in [0.1, 0.15) is 12.0 Å². The van der Waals surface area contributed by atoms with Crippen molar-refractivity contribution in [2.75, 3.05) is 20.0 Å². The van der Waals surface area contributed by atoms with Gasteiger partial charge in [0.25, 0.3) is 0 Å². The lowest BCUT2D eigenvalue weighted by Crippen LogP contribution is -2.40. The van der Waals surface area contributed by atoms with Crippen LogP contribution in [0.4, 0.5) is 4.79 Å². The minimum absolute atomic E-state index is 0.129. The molecule has 0 saturated carbocycles. The van der Waals surface area contributed by atoms with E-state index < -0.39 is 6.03 Å². The molecule has 0 aliphatic heterocycles. The number of amides is 3. The van der Waals surface area contributed by atoms with Crippen molar-refractivity contribution in [3.8, 4) is 5.75 Å². The Morgan fingerprint density at radius 1 is 1.32 bits per heavy atom. The zero-order valence-corrected chi connectivity index (χ0v) is 11.7. The van der Waals surface area contributed by atoms with Gasteiger partial charge >= 0.3 is 6.03 Å². The third-order valence-corrected chi connectivity index (χ3v) is 2.68. The topological polar surface area (TPSA) is 58.6 Å². The zero-order valence-electron chi connectivity index (χ0n) is 11.0. The van der Waals surface area contributed by atoms with Crippen LogP contribution in [0.15, 0.2) is 24.3 Å². The molecule has 6 heteroatoms. The maximum Gasteiger partial charge on any atom is 0.324 e. The van der Waals surface area contributed by atoms with Crippen molar-refractivity contribution in [1.82, 2.24) is 10.2 Å². The summed E-state index contributed by atoms with van der Waals surface area (Å²) in [5.41, 5.74) is 0.947. The minimum Gasteiger partial charge on any atom is -0.497 e. The van der Waals surface area contributed by atoms with Crippen LogP contribution in [-0.2, 0) is 11.3 Å². The van der Waals surface area contributed by atoms with Gasteiger partial charge in [-0.25, -0.2) is 4.79 Å². The quantitative estimate of drug-likeness (QED) is 0.841. The first-order valence-electron chi connectivity index (χ1n) is 5.80. The van der Waals surface area contributed by atoms with Gasteiger partial charge in [0.1, 0.15) is 5.75 Å². The first-order chi connectivity index (χ1) is 9.06. The number of alkyl halides is 1. The number of halogens is 1. The summed E-state index contributed by atoms with van der Waals surface area (Å²) in [5, 5.41) is 2.26. The van der Waals surface area contributed by atoms with Crippen LogP contribution >= 0.6 is 11.6 Å². The number of nitrogens with zero attached hydrogens (tertiary/aromatic N) is 1. The molecule has 0 unspecified atom stereocenters. The van der Waals surface area contributed by atoms with E-state index in [2.05, 4.69) is 5.32 Å². The van der Waals surface area contributed by atoms with Crippen LogP contribution in [0.5, 0.6) is 5.75 Å². The Morgan fingerprint density at radius 2 is 1.95 bits per heavy atom. The molecule has 0 aromatic heterocycles. The molecule has 0 bridgehead atoms. The minimum atomic E-state index is -0.439. The molecule has 5 nitrogen and oxygen atoms in total. The Kier molecular flexibility index (Phi) is 6.15. The molecule has 104 valence electrons. The van der Waals surface area contributed by atoms with Crippen LogP contribution in [0.3, 0.4) is 0 Å². The molecular formula is C13H17ClN2O3. The summed E-state index contributed by atoms with van der Waals surface area (Å²) in [5.74, 6) is 0.580. The second kappa shape index (κ2) is 7.63. The van der Waals surface area contributed by atoms with E-state index in [1.165, 1.54) is 4.90 Å². The lowest BCUT2D eigenvalue weighted by Gasteiger charge is -2.17. The molecule has 1 N–H and O–H groups in total. The SMILES string of the molecule is COc1ccc(CN(C)C(=O)NC(=O)CCCl)cc1. The smallest absolute Gasteiger partial charge is 0.324 e. The van der Waals surface area contributed by atoms with Crippen LogP contribution in [-0.4, -0.2) is 36.9 Å². The summed E-state index contributed by atoms with van der Waals surface area (Å²) in [6.07, 6.45) is 0.129. The number of carbonyl (C=O) groups excluding carboxylic acids is 2. The Morgan fingerprint density at radius 3 is 2.47 bits per heavy atom. The number of nitrogens with one attached hydrogen (secondary N) is 1. The van der Waals surface area contributed by atoms with Crippen LogP contribution in [0.2, 0.25) is 0 Å². The highest BCUT2D eigenvalue weighted by Gasteiger charge is 2.12. The highest BCUT2D eigenvalue weighted by atomic mass is 35.5. The maximum absolute atomic E-state index is 11.7. The van der Waals surface area contributed by atoms with E-state index >= 15 is 0 Å². The molecule has 0 spiro atoms. The van der Waals surface area contributed by atoms with Crippen molar-refractivity contribution >= 4 is 23.5 Å². The molecule has 0 aliphatic rings. The van der Waals surface area contributed by atoms with Crippen molar-refractivity contribution in [3.63, 3.8) is 0 Å². The summed E-state index contributed by atoms with van der Waals surface area (Å²) in [6, 6.07) is 6.93. The number of urea groups is 1. The average Bonchev–Trinajstić information content (AvgIpc) is 2.39. The van der Waals surface area contributed by atoms with Gasteiger partial charge in [0.2, 0.25) is 5.91 Å². The first-order valence-corrected chi connectivity index (χ1v) is 6.34. The van der Waals surface area contributed by atoms with Gasteiger partial charge in [-0.1, -0.05) is 12.1 Å². The van der Waals surface area contributed by atoms with Gasteiger partial charge in [-0.3, -0.25) is 10.1 Å². The van der Waals surface area contributed by atoms with Crippen molar-refractivity contribution < 1.29 is 14.3 Å². The van der Waals surface area contributed by atoms with Gasteiger partial charge in [-0.2, -0.15) is 0 Å². The fourth-order valence-electron chi connectivity index (χ4n) is 1.44.